The van der Waals surface area contributed by atoms with Gasteiger partial charge in [0.25, 0.3) is 17.7 Å². The molecule has 75 heavy (non-hydrogen) atoms. The number of ether oxygens (including phenoxy) is 1. The highest BCUT2D eigenvalue weighted by atomic mass is 28.4. The molecule has 3 N–H and O–H groups in total. The van der Waals surface area contributed by atoms with E-state index in [1.807, 2.05) is 132 Å². The molecule has 5 fully saturated rings. The zero-order valence-electron chi connectivity index (χ0n) is 43.1. The van der Waals surface area contributed by atoms with Crippen LogP contribution in [0.3, 0.4) is 0 Å². The molecule has 7 heterocycles. The Morgan fingerprint density at radius 2 is 1.23 bits per heavy atom. The molecule has 5 aromatic carbocycles. The highest BCUT2D eigenvalue weighted by molar-refractivity contribution is 6.72. The van der Waals surface area contributed by atoms with Gasteiger partial charge in [-0.3, -0.25) is 29.0 Å². The molecular formula is C59H67FN8O6Si. The van der Waals surface area contributed by atoms with Gasteiger partial charge in [0.05, 0.1) is 50.7 Å². The second-order valence-corrected chi connectivity index (χ2v) is 26.2. The average molecular weight is 1030 g/mol. The summed E-state index contributed by atoms with van der Waals surface area (Å²) in [7, 11) is -3.71. The summed E-state index contributed by atoms with van der Waals surface area (Å²) in [6, 6.07) is 41.2. The number of aliphatic hydroxyl groups excluding tert-OH is 1. The summed E-state index contributed by atoms with van der Waals surface area (Å²) in [6.07, 6.45) is 2.02. The fourth-order valence-electron chi connectivity index (χ4n) is 14.2. The van der Waals surface area contributed by atoms with Gasteiger partial charge in [-0.1, -0.05) is 79.7 Å². The van der Waals surface area contributed by atoms with Crippen molar-refractivity contribution in [1.82, 2.24) is 15.5 Å². The molecule has 0 aromatic heterocycles. The van der Waals surface area contributed by atoms with Crippen LogP contribution < -0.4 is 35.1 Å². The Labute approximate surface area is 439 Å². The molecule has 5 atom stereocenters. The monoisotopic (exact) mass is 1030 g/mol. The maximum atomic E-state index is 17.3. The van der Waals surface area contributed by atoms with Crippen molar-refractivity contribution in [2.24, 2.45) is 5.92 Å². The first kappa shape index (κ1) is 49.4. The molecule has 4 amide bonds. The van der Waals surface area contributed by atoms with Crippen LogP contribution in [-0.2, 0) is 49.0 Å². The topological polar surface area (TPSA) is 141 Å². The van der Waals surface area contributed by atoms with Crippen LogP contribution in [0.1, 0.15) is 61.3 Å². The first-order valence-corrected chi connectivity index (χ1v) is 29.8. The van der Waals surface area contributed by atoms with Crippen molar-refractivity contribution in [2.75, 3.05) is 70.6 Å². The average Bonchev–Trinajstić information content (AvgIpc) is 4.07. The van der Waals surface area contributed by atoms with E-state index < -0.39 is 48.7 Å². The molecule has 0 saturated carbocycles. The van der Waals surface area contributed by atoms with E-state index in [1.165, 1.54) is 0 Å². The van der Waals surface area contributed by atoms with Gasteiger partial charge in [-0.05, 0) is 143 Å². The minimum atomic E-state index is -3.71. The molecule has 16 heteroatoms. The molecule has 7 aliphatic heterocycles. The van der Waals surface area contributed by atoms with Gasteiger partial charge in [0.2, 0.25) is 14.3 Å². The van der Waals surface area contributed by atoms with Crippen LogP contribution in [0, 0.1) is 5.92 Å². The molecule has 12 rings (SSSR count). The lowest BCUT2D eigenvalue weighted by molar-refractivity contribution is -0.151. The van der Waals surface area contributed by atoms with Crippen LogP contribution in [0.2, 0.25) is 18.6 Å². The number of fused-ring (bicyclic) bond motifs is 3. The third-order valence-corrected chi connectivity index (χ3v) is 20.4. The molecular weight excluding hydrogens is 964 g/mol. The Balaban J connectivity index is 0.901. The molecule has 5 saturated heterocycles. The van der Waals surface area contributed by atoms with E-state index in [1.54, 1.807) is 22.9 Å². The molecule has 0 unspecified atom stereocenters. The molecule has 7 aliphatic rings. The maximum absolute atomic E-state index is 17.3. The standard InChI is InChI=1S/C59H67FN8O6Si/c1-40-53(75(2,3)60)51(34-52(70)63-36-43-13-11-10-12-42(43)32-48(63)37-69)74-59(40)49-33-47(66-39-68(46-16-8-5-9-17-46)58(55(66)72)26-30-62-31-27-58)22-23-50(49)64(56(59)73)35-41-18-20-44(21-19-41)65-38-67(45-14-6-4-7-15-45)57(54(65)71)24-28-61-29-25-57/h4-23,33,40,48,51,53,61-62,69H,24-32,34-39H2,1-3H3/t40-,48-,51+,53-,59+/m0/s1. The maximum Gasteiger partial charge on any atom is 0.264 e. The lowest BCUT2D eigenvalue weighted by atomic mass is 9.82. The summed E-state index contributed by atoms with van der Waals surface area (Å²) < 4.78 is 24.5. The Morgan fingerprint density at radius 3 is 1.79 bits per heavy atom. The van der Waals surface area contributed by atoms with Crippen molar-refractivity contribution in [3.63, 3.8) is 0 Å². The number of halogens is 1. The largest absolute Gasteiger partial charge is 0.394 e. The van der Waals surface area contributed by atoms with E-state index in [2.05, 4.69) is 32.6 Å². The Hall–Kier alpha value is -6.43. The smallest absolute Gasteiger partial charge is 0.264 e. The number of nitrogens with one attached hydrogen (secondary N) is 2. The molecule has 0 radical (unpaired) electrons. The fourth-order valence-corrected chi connectivity index (χ4v) is 16.7. The number of hydrogen-bond donors (Lipinski definition) is 3. The number of anilines is 5. The van der Waals surface area contributed by atoms with Crippen molar-refractivity contribution in [3.8, 4) is 0 Å². The van der Waals surface area contributed by atoms with Crippen molar-refractivity contribution >= 4 is 60.5 Å². The highest BCUT2D eigenvalue weighted by Gasteiger charge is 2.67. The van der Waals surface area contributed by atoms with Crippen LogP contribution in [0.25, 0.3) is 0 Å². The predicted molar refractivity (Wildman–Crippen MR) is 291 cm³/mol. The van der Waals surface area contributed by atoms with Gasteiger partial charge in [0.15, 0.2) is 5.60 Å². The second kappa shape index (κ2) is 19.0. The van der Waals surface area contributed by atoms with Crippen LogP contribution >= 0.6 is 0 Å². The number of carbonyl (C=O) groups is 4. The minimum Gasteiger partial charge on any atom is -0.394 e. The molecule has 14 nitrogen and oxygen atoms in total. The third-order valence-electron chi connectivity index (χ3n) is 18.0. The van der Waals surface area contributed by atoms with E-state index in [9.17, 15) is 14.7 Å². The SMILES string of the molecule is C[C@H]1[C@H]([Si](C)(C)F)[C@@H](CC(=O)N2Cc3ccccc3C[C@H]2CO)O[C@]12C(=O)N(Cc1ccc(N3CN(c4ccccc4)C4(CCNCC4)C3=O)cc1)c1ccc(N3CN(c4ccccc4)C4(CCNCC4)C3=O)cc12. The number of rotatable bonds is 10. The number of aliphatic hydroxyl groups is 1. The number of para-hydroxylation sites is 2. The Bertz CT molecular complexity index is 3000. The Kier molecular flexibility index (Phi) is 12.5. The number of nitrogens with zero attached hydrogens (tertiary/aromatic N) is 6. The first-order chi connectivity index (χ1) is 36.3. The summed E-state index contributed by atoms with van der Waals surface area (Å²) in [5.74, 6) is -1.25. The normalized spacial score (nSPS) is 26.1. The van der Waals surface area contributed by atoms with Gasteiger partial charge in [-0.25, -0.2) is 0 Å². The lowest BCUT2D eigenvalue weighted by Gasteiger charge is -2.39. The van der Waals surface area contributed by atoms with Crippen LogP contribution in [0.5, 0.6) is 0 Å². The van der Waals surface area contributed by atoms with Gasteiger partial charge < -0.3 is 44.2 Å². The molecule has 390 valence electrons. The summed E-state index contributed by atoms with van der Waals surface area (Å²) >= 11 is 0. The van der Waals surface area contributed by atoms with E-state index in [0.717, 1.165) is 46.8 Å². The molecule has 0 bridgehead atoms. The number of carbonyl (C=O) groups excluding carboxylic acids is 4. The second-order valence-electron chi connectivity index (χ2n) is 22.4. The number of amides is 4. The number of piperidine rings is 2. The van der Waals surface area contributed by atoms with Gasteiger partial charge in [0.1, 0.15) is 11.1 Å². The van der Waals surface area contributed by atoms with E-state index >= 15 is 13.7 Å². The molecule has 3 spiro atoms. The highest BCUT2D eigenvalue weighted by Crippen LogP contribution is 2.61. The third kappa shape index (κ3) is 8.00. The molecule has 0 aliphatic carbocycles. The van der Waals surface area contributed by atoms with Crippen molar-refractivity contribution in [3.05, 3.63) is 150 Å². The van der Waals surface area contributed by atoms with Gasteiger partial charge in [-0.2, -0.15) is 0 Å². The zero-order chi connectivity index (χ0) is 51.9. The van der Waals surface area contributed by atoms with E-state index in [0.29, 0.717) is 82.0 Å². The lowest BCUT2D eigenvalue weighted by Crippen LogP contribution is -2.55. The van der Waals surface area contributed by atoms with Gasteiger partial charge >= 0.3 is 0 Å². The first-order valence-electron chi connectivity index (χ1n) is 26.9. The summed E-state index contributed by atoms with van der Waals surface area (Å²) in [5, 5.41) is 17.5. The van der Waals surface area contributed by atoms with Crippen molar-refractivity contribution in [2.45, 2.75) is 106 Å². The summed E-state index contributed by atoms with van der Waals surface area (Å²) in [5.41, 5.74) is 3.49. The number of benzene rings is 5. The van der Waals surface area contributed by atoms with Crippen LogP contribution in [0.4, 0.5) is 32.5 Å². The summed E-state index contributed by atoms with van der Waals surface area (Å²) in [4.78, 5) is 71.8. The molecule has 5 aromatic rings. The summed E-state index contributed by atoms with van der Waals surface area (Å²) in [6.45, 7) is 8.99. The van der Waals surface area contributed by atoms with Gasteiger partial charge in [0, 0.05) is 46.3 Å². The quantitative estimate of drug-likeness (QED) is 0.0972. The van der Waals surface area contributed by atoms with Gasteiger partial charge in [-0.15, -0.1) is 0 Å². The van der Waals surface area contributed by atoms with Crippen LogP contribution in [-0.4, -0.2) is 111 Å². The fraction of sp³-hybridized carbons (Fsp3) is 0.424. The zero-order valence-corrected chi connectivity index (χ0v) is 44.1. The predicted octanol–water partition coefficient (Wildman–Crippen LogP) is 7.21. The van der Waals surface area contributed by atoms with Crippen LogP contribution in [0.15, 0.2) is 127 Å². The Morgan fingerprint density at radius 1 is 0.693 bits per heavy atom. The van der Waals surface area contributed by atoms with Crippen molar-refractivity contribution in [1.29, 1.82) is 0 Å². The number of hydrogen-bond acceptors (Lipinski definition) is 10. The van der Waals surface area contributed by atoms with E-state index in [-0.39, 0.29) is 43.2 Å². The van der Waals surface area contributed by atoms with E-state index in [4.69, 9.17) is 4.74 Å². The van der Waals surface area contributed by atoms with Crippen molar-refractivity contribution < 1.29 is 33.1 Å². The minimum absolute atomic E-state index is 0.0156.